The molecule has 1 aromatic heterocycles. The molecular formula is C15H18BrN3. The average molecular weight is 320 g/mol. The van der Waals surface area contributed by atoms with E-state index in [9.17, 15) is 0 Å². The predicted octanol–water partition coefficient (Wildman–Crippen LogP) is 4.16. The molecule has 0 saturated heterocycles. The molecule has 1 aromatic carbocycles. The number of aryl methyl sites for hydroxylation is 2. The maximum Gasteiger partial charge on any atom is 0.0748 e. The summed E-state index contributed by atoms with van der Waals surface area (Å²) in [5.74, 6) is 0. The van der Waals surface area contributed by atoms with E-state index >= 15 is 0 Å². The minimum absolute atomic E-state index is 0.346. The van der Waals surface area contributed by atoms with Gasteiger partial charge in [0.05, 0.1) is 22.4 Å². The second kappa shape index (κ2) is 5.37. The van der Waals surface area contributed by atoms with Crippen molar-refractivity contribution in [2.24, 2.45) is 0 Å². The number of hydrogen-bond donors (Lipinski definition) is 1. The van der Waals surface area contributed by atoms with Crippen LogP contribution < -0.4 is 5.32 Å². The van der Waals surface area contributed by atoms with E-state index < -0.39 is 0 Å². The Hall–Kier alpha value is -1.29. The number of fused-ring (bicyclic) bond motifs is 1. The lowest BCUT2D eigenvalue weighted by Crippen LogP contribution is -2.21. The van der Waals surface area contributed by atoms with Gasteiger partial charge in [0, 0.05) is 12.2 Å². The van der Waals surface area contributed by atoms with Crippen LogP contribution in [0, 0.1) is 0 Å². The second-order valence-corrected chi connectivity index (χ2v) is 5.85. The van der Waals surface area contributed by atoms with Gasteiger partial charge >= 0.3 is 0 Å². The van der Waals surface area contributed by atoms with E-state index in [4.69, 9.17) is 0 Å². The van der Waals surface area contributed by atoms with Crippen LogP contribution in [0.5, 0.6) is 0 Å². The first-order valence-electron chi connectivity index (χ1n) is 6.85. The van der Waals surface area contributed by atoms with E-state index in [2.05, 4.69) is 62.2 Å². The van der Waals surface area contributed by atoms with E-state index in [1.807, 2.05) is 6.20 Å². The number of benzene rings is 1. The van der Waals surface area contributed by atoms with E-state index in [0.717, 1.165) is 30.3 Å². The highest BCUT2D eigenvalue weighted by Gasteiger charge is 2.24. The summed E-state index contributed by atoms with van der Waals surface area (Å²) in [5, 5.41) is 8.11. The Balaban J connectivity index is 1.91. The Morgan fingerprint density at radius 2 is 2.26 bits per heavy atom. The summed E-state index contributed by atoms with van der Waals surface area (Å²) in [5.41, 5.74) is 3.95. The lowest BCUT2D eigenvalue weighted by Gasteiger charge is -2.28. The first kappa shape index (κ1) is 12.7. The number of hydrogen-bond acceptors (Lipinski definition) is 2. The van der Waals surface area contributed by atoms with Crippen molar-refractivity contribution in [3.05, 3.63) is 46.2 Å². The van der Waals surface area contributed by atoms with Gasteiger partial charge in [-0.15, -0.1) is 0 Å². The number of halogens is 1. The third-order valence-electron chi connectivity index (χ3n) is 3.65. The summed E-state index contributed by atoms with van der Waals surface area (Å²) in [6.45, 7) is 3.16. The fraction of sp³-hybridized carbons (Fsp3) is 0.400. The van der Waals surface area contributed by atoms with Crippen LogP contribution in [0.15, 0.2) is 34.9 Å². The molecule has 3 rings (SSSR count). The van der Waals surface area contributed by atoms with Crippen molar-refractivity contribution >= 4 is 21.6 Å². The summed E-state index contributed by atoms with van der Waals surface area (Å²) in [7, 11) is 0. The lowest BCUT2D eigenvalue weighted by atomic mass is 9.96. The van der Waals surface area contributed by atoms with E-state index in [1.54, 1.807) is 0 Å². The summed E-state index contributed by atoms with van der Waals surface area (Å²) in [4.78, 5) is 0. The molecule has 1 aliphatic heterocycles. The monoisotopic (exact) mass is 319 g/mol. The Morgan fingerprint density at radius 1 is 1.42 bits per heavy atom. The molecule has 3 nitrogen and oxygen atoms in total. The highest BCUT2D eigenvalue weighted by atomic mass is 79.9. The molecule has 0 radical (unpaired) electrons. The van der Waals surface area contributed by atoms with Crippen molar-refractivity contribution in [3.63, 3.8) is 0 Å². The van der Waals surface area contributed by atoms with Gasteiger partial charge in [-0.2, -0.15) is 5.10 Å². The molecule has 0 fully saturated rings. The summed E-state index contributed by atoms with van der Waals surface area (Å²) in [6.07, 6.45) is 5.25. The first-order chi connectivity index (χ1) is 9.29. The van der Waals surface area contributed by atoms with Gasteiger partial charge in [0.15, 0.2) is 0 Å². The SMILES string of the molecule is CCCn1ncc(Br)c1C1CCc2ccccc2N1. The summed E-state index contributed by atoms with van der Waals surface area (Å²) >= 11 is 3.64. The molecule has 1 unspecified atom stereocenters. The highest BCUT2D eigenvalue weighted by Crippen LogP contribution is 2.35. The smallest absolute Gasteiger partial charge is 0.0748 e. The Morgan fingerprint density at radius 3 is 3.11 bits per heavy atom. The van der Waals surface area contributed by atoms with Crippen molar-refractivity contribution in [1.82, 2.24) is 9.78 Å². The van der Waals surface area contributed by atoms with Crippen LogP contribution in [0.25, 0.3) is 0 Å². The maximum absolute atomic E-state index is 4.47. The molecule has 4 heteroatoms. The van der Waals surface area contributed by atoms with Crippen molar-refractivity contribution in [1.29, 1.82) is 0 Å². The Labute approximate surface area is 122 Å². The molecule has 0 spiro atoms. The molecule has 100 valence electrons. The zero-order valence-corrected chi connectivity index (χ0v) is 12.7. The fourth-order valence-corrected chi connectivity index (χ4v) is 3.32. The lowest BCUT2D eigenvalue weighted by molar-refractivity contribution is 0.531. The van der Waals surface area contributed by atoms with Crippen LogP contribution >= 0.6 is 15.9 Å². The molecule has 1 aliphatic rings. The molecule has 2 heterocycles. The minimum atomic E-state index is 0.346. The standard InChI is InChI=1S/C15H18BrN3/c1-2-9-19-15(12(16)10-17-19)14-8-7-11-5-3-4-6-13(11)18-14/h3-6,10,14,18H,2,7-9H2,1H3. The van der Waals surface area contributed by atoms with Crippen LogP contribution in [0.4, 0.5) is 5.69 Å². The van der Waals surface area contributed by atoms with Gasteiger partial charge < -0.3 is 5.32 Å². The second-order valence-electron chi connectivity index (χ2n) is 4.99. The van der Waals surface area contributed by atoms with Crippen LogP contribution in [0.3, 0.4) is 0 Å². The number of aromatic nitrogens is 2. The van der Waals surface area contributed by atoms with Gasteiger partial charge in [0.1, 0.15) is 0 Å². The number of anilines is 1. The highest BCUT2D eigenvalue weighted by molar-refractivity contribution is 9.10. The predicted molar refractivity (Wildman–Crippen MR) is 81.3 cm³/mol. The molecule has 0 bridgehead atoms. The quantitative estimate of drug-likeness (QED) is 0.920. The molecule has 19 heavy (non-hydrogen) atoms. The maximum atomic E-state index is 4.47. The van der Waals surface area contributed by atoms with Crippen molar-refractivity contribution in [3.8, 4) is 0 Å². The number of para-hydroxylation sites is 1. The molecule has 0 amide bonds. The minimum Gasteiger partial charge on any atom is -0.376 e. The van der Waals surface area contributed by atoms with Gasteiger partial charge in [-0.05, 0) is 46.8 Å². The third kappa shape index (κ3) is 2.41. The van der Waals surface area contributed by atoms with Crippen LogP contribution in [0.2, 0.25) is 0 Å². The Kier molecular flexibility index (Phi) is 3.60. The molecule has 2 aromatic rings. The van der Waals surface area contributed by atoms with Crippen LogP contribution in [-0.4, -0.2) is 9.78 Å². The van der Waals surface area contributed by atoms with Gasteiger partial charge in [-0.1, -0.05) is 25.1 Å². The van der Waals surface area contributed by atoms with Crippen molar-refractivity contribution in [2.45, 2.75) is 38.8 Å². The van der Waals surface area contributed by atoms with Gasteiger partial charge in [-0.3, -0.25) is 4.68 Å². The molecule has 0 saturated carbocycles. The summed E-state index contributed by atoms with van der Waals surface area (Å²) in [6, 6.07) is 8.91. The number of nitrogens with zero attached hydrogens (tertiary/aromatic N) is 2. The fourth-order valence-electron chi connectivity index (χ4n) is 2.75. The molecule has 1 atom stereocenters. The van der Waals surface area contributed by atoms with Gasteiger partial charge in [-0.25, -0.2) is 0 Å². The van der Waals surface area contributed by atoms with E-state index in [0.29, 0.717) is 6.04 Å². The summed E-state index contributed by atoms with van der Waals surface area (Å²) < 4.78 is 3.23. The topological polar surface area (TPSA) is 29.9 Å². The molecular weight excluding hydrogens is 302 g/mol. The van der Waals surface area contributed by atoms with E-state index in [-0.39, 0.29) is 0 Å². The Bertz CT molecular complexity index is 577. The normalized spacial score (nSPS) is 17.9. The largest absolute Gasteiger partial charge is 0.376 e. The molecule has 1 N–H and O–H groups in total. The van der Waals surface area contributed by atoms with Crippen LogP contribution in [0.1, 0.15) is 37.1 Å². The zero-order valence-electron chi connectivity index (χ0n) is 11.1. The van der Waals surface area contributed by atoms with Crippen LogP contribution in [-0.2, 0) is 13.0 Å². The average Bonchev–Trinajstić information content (AvgIpc) is 2.80. The zero-order chi connectivity index (χ0) is 13.2. The van der Waals surface area contributed by atoms with Crippen molar-refractivity contribution in [2.75, 3.05) is 5.32 Å². The van der Waals surface area contributed by atoms with Gasteiger partial charge in [0.25, 0.3) is 0 Å². The number of rotatable bonds is 3. The first-order valence-corrected chi connectivity index (χ1v) is 7.64. The van der Waals surface area contributed by atoms with Crippen molar-refractivity contribution < 1.29 is 0 Å². The number of nitrogens with one attached hydrogen (secondary N) is 1. The third-order valence-corrected chi connectivity index (χ3v) is 4.26. The molecule has 0 aliphatic carbocycles. The van der Waals surface area contributed by atoms with E-state index in [1.165, 1.54) is 16.9 Å². The van der Waals surface area contributed by atoms with Gasteiger partial charge in [0.2, 0.25) is 0 Å².